The van der Waals surface area contributed by atoms with Crippen LogP contribution in [0.5, 0.6) is 5.75 Å². The van der Waals surface area contributed by atoms with E-state index >= 15 is 0 Å². The monoisotopic (exact) mass is 237 g/mol. The first-order valence-corrected chi connectivity index (χ1v) is 5.47. The van der Waals surface area contributed by atoms with Gasteiger partial charge in [-0.1, -0.05) is 6.07 Å². The van der Waals surface area contributed by atoms with Gasteiger partial charge in [-0.25, -0.2) is 0 Å². The average Bonchev–Trinajstić information content (AvgIpc) is 2.27. The third-order valence-corrected chi connectivity index (χ3v) is 2.70. The van der Waals surface area contributed by atoms with E-state index < -0.39 is 6.04 Å². The predicted octanol–water partition coefficient (Wildman–Crippen LogP) is 1.87. The predicted molar refractivity (Wildman–Crippen MR) is 66.0 cm³/mol. The highest BCUT2D eigenvalue weighted by Crippen LogP contribution is 2.30. The maximum Gasteiger partial charge on any atom is 0.307 e. The van der Waals surface area contributed by atoms with Crippen LogP contribution in [0.15, 0.2) is 12.1 Å². The number of hydrogen-bond donors (Lipinski definition) is 1. The molecule has 17 heavy (non-hydrogen) atoms. The topological polar surface area (TPSA) is 61.5 Å². The van der Waals surface area contributed by atoms with Crippen LogP contribution in [0.25, 0.3) is 0 Å². The lowest BCUT2D eigenvalue weighted by molar-refractivity contribution is -0.141. The van der Waals surface area contributed by atoms with Gasteiger partial charge >= 0.3 is 5.97 Å². The molecule has 0 aliphatic carbocycles. The van der Waals surface area contributed by atoms with Crippen LogP contribution < -0.4 is 10.5 Å². The molecular weight excluding hydrogens is 218 g/mol. The van der Waals surface area contributed by atoms with Crippen molar-refractivity contribution < 1.29 is 14.3 Å². The Morgan fingerprint density at radius 2 is 2.00 bits per heavy atom. The fraction of sp³-hybridized carbons (Fsp3) is 0.462. The van der Waals surface area contributed by atoms with Crippen LogP contribution in [0, 0.1) is 13.8 Å². The van der Waals surface area contributed by atoms with Crippen molar-refractivity contribution in [3.63, 3.8) is 0 Å². The van der Waals surface area contributed by atoms with Gasteiger partial charge in [0.05, 0.1) is 20.6 Å². The third kappa shape index (κ3) is 3.20. The molecule has 1 rings (SSSR count). The summed E-state index contributed by atoms with van der Waals surface area (Å²) in [5.41, 5.74) is 9.01. The van der Waals surface area contributed by atoms with Crippen molar-refractivity contribution in [3.05, 3.63) is 28.8 Å². The van der Waals surface area contributed by atoms with Gasteiger partial charge in [-0.3, -0.25) is 4.79 Å². The Bertz CT molecular complexity index is 415. The van der Waals surface area contributed by atoms with Gasteiger partial charge in [0.2, 0.25) is 0 Å². The highest BCUT2D eigenvalue weighted by molar-refractivity contribution is 5.70. The van der Waals surface area contributed by atoms with E-state index in [-0.39, 0.29) is 12.4 Å². The molecule has 1 unspecified atom stereocenters. The van der Waals surface area contributed by atoms with Crippen LogP contribution in [0.2, 0.25) is 0 Å². The fourth-order valence-corrected chi connectivity index (χ4v) is 1.95. The molecule has 0 bridgehead atoms. The van der Waals surface area contributed by atoms with Gasteiger partial charge in [0.1, 0.15) is 5.75 Å². The Morgan fingerprint density at radius 1 is 1.35 bits per heavy atom. The van der Waals surface area contributed by atoms with Crippen molar-refractivity contribution in [2.24, 2.45) is 5.73 Å². The molecule has 0 spiro atoms. The number of rotatable bonds is 4. The van der Waals surface area contributed by atoms with Gasteiger partial charge in [-0.15, -0.1) is 0 Å². The van der Waals surface area contributed by atoms with E-state index in [1.54, 1.807) is 7.11 Å². The number of carbonyl (C=O) groups is 1. The van der Waals surface area contributed by atoms with Crippen LogP contribution in [-0.4, -0.2) is 20.2 Å². The second-order valence-electron chi connectivity index (χ2n) is 4.08. The summed E-state index contributed by atoms with van der Waals surface area (Å²) in [7, 11) is 2.96. The molecule has 0 saturated carbocycles. The number of benzene rings is 1. The first kappa shape index (κ1) is 13.5. The van der Waals surface area contributed by atoms with Crippen molar-refractivity contribution in [1.29, 1.82) is 0 Å². The molecule has 0 aromatic heterocycles. The van der Waals surface area contributed by atoms with Crippen molar-refractivity contribution >= 4 is 5.97 Å². The number of ether oxygens (including phenoxy) is 2. The summed E-state index contributed by atoms with van der Waals surface area (Å²) < 4.78 is 9.93. The SMILES string of the molecule is COC(=O)CC(N)c1c(C)cc(C)cc1OC. The molecule has 0 aliphatic heterocycles. The summed E-state index contributed by atoms with van der Waals surface area (Å²) in [5.74, 6) is 0.401. The van der Waals surface area contributed by atoms with Crippen molar-refractivity contribution in [2.45, 2.75) is 26.3 Å². The van der Waals surface area contributed by atoms with Gasteiger partial charge in [-0.05, 0) is 31.0 Å². The minimum atomic E-state index is -0.405. The molecule has 2 N–H and O–H groups in total. The van der Waals surface area contributed by atoms with Gasteiger partial charge in [-0.2, -0.15) is 0 Å². The molecular formula is C13H19NO3. The Balaban J connectivity index is 3.07. The first-order valence-electron chi connectivity index (χ1n) is 5.47. The summed E-state index contributed by atoms with van der Waals surface area (Å²) >= 11 is 0. The largest absolute Gasteiger partial charge is 0.496 e. The molecule has 0 aliphatic rings. The summed E-state index contributed by atoms with van der Waals surface area (Å²) in [4.78, 5) is 11.2. The Hall–Kier alpha value is -1.55. The Morgan fingerprint density at radius 3 is 2.53 bits per heavy atom. The molecule has 4 heteroatoms. The second kappa shape index (κ2) is 5.68. The number of hydrogen-bond acceptors (Lipinski definition) is 4. The van der Waals surface area contributed by atoms with Crippen LogP contribution in [0.4, 0.5) is 0 Å². The molecule has 0 saturated heterocycles. The average molecular weight is 237 g/mol. The lowest BCUT2D eigenvalue weighted by atomic mass is 9.96. The number of esters is 1. The first-order chi connectivity index (χ1) is 7.99. The second-order valence-corrected chi connectivity index (χ2v) is 4.08. The Kier molecular flexibility index (Phi) is 4.52. The number of methoxy groups -OCH3 is 2. The molecule has 0 heterocycles. The van der Waals surface area contributed by atoms with Gasteiger partial charge < -0.3 is 15.2 Å². The summed E-state index contributed by atoms with van der Waals surface area (Å²) in [5, 5.41) is 0. The van der Waals surface area contributed by atoms with E-state index in [1.165, 1.54) is 7.11 Å². The highest BCUT2D eigenvalue weighted by atomic mass is 16.5. The van der Waals surface area contributed by atoms with E-state index in [4.69, 9.17) is 10.5 Å². The van der Waals surface area contributed by atoms with Crippen LogP contribution >= 0.6 is 0 Å². The lowest BCUT2D eigenvalue weighted by Gasteiger charge is -2.18. The van der Waals surface area contributed by atoms with Gasteiger partial charge in [0, 0.05) is 11.6 Å². The van der Waals surface area contributed by atoms with E-state index in [0.29, 0.717) is 0 Å². The highest BCUT2D eigenvalue weighted by Gasteiger charge is 2.18. The fourth-order valence-electron chi connectivity index (χ4n) is 1.95. The lowest BCUT2D eigenvalue weighted by Crippen LogP contribution is -2.18. The summed E-state index contributed by atoms with van der Waals surface area (Å²) in [6, 6.07) is 3.53. The molecule has 1 atom stereocenters. The minimum Gasteiger partial charge on any atom is -0.496 e. The smallest absolute Gasteiger partial charge is 0.307 e. The molecule has 1 aromatic carbocycles. The van der Waals surface area contributed by atoms with Crippen LogP contribution in [-0.2, 0) is 9.53 Å². The molecule has 0 fully saturated rings. The van der Waals surface area contributed by atoms with E-state index in [9.17, 15) is 4.79 Å². The van der Waals surface area contributed by atoms with Gasteiger partial charge in [0.15, 0.2) is 0 Å². The van der Waals surface area contributed by atoms with Crippen molar-refractivity contribution in [2.75, 3.05) is 14.2 Å². The zero-order valence-electron chi connectivity index (χ0n) is 10.7. The minimum absolute atomic E-state index is 0.150. The van der Waals surface area contributed by atoms with Crippen molar-refractivity contribution in [1.82, 2.24) is 0 Å². The molecule has 4 nitrogen and oxygen atoms in total. The number of nitrogens with two attached hydrogens (primary N) is 1. The van der Waals surface area contributed by atoms with E-state index in [1.807, 2.05) is 26.0 Å². The van der Waals surface area contributed by atoms with Crippen LogP contribution in [0.1, 0.15) is 29.2 Å². The zero-order chi connectivity index (χ0) is 13.0. The molecule has 0 amide bonds. The van der Waals surface area contributed by atoms with Crippen molar-refractivity contribution in [3.8, 4) is 5.75 Å². The third-order valence-electron chi connectivity index (χ3n) is 2.70. The maximum atomic E-state index is 11.2. The molecule has 1 aromatic rings. The summed E-state index contributed by atoms with van der Waals surface area (Å²) in [6.45, 7) is 3.95. The summed E-state index contributed by atoms with van der Waals surface area (Å²) in [6.07, 6.45) is 0.150. The normalized spacial score (nSPS) is 12.1. The quantitative estimate of drug-likeness (QED) is 0.812. The standard InChI is InChI=1S/C13H19NO3/c1-8-5-9(2)13(11(6-8)16-3)10(14)7-12(15)17-4/h5-6,10H,7,14H2,1-4H3. The van der Waals surface area contributed by atoms with Gasteiger partial charge in [0.25, 0.3) is 0 Å². The number of aryl methyl sites for hydroxylation is 2. The number of carbonyl (C=O) groups excluding carboxylic acids is 1. The Labute approximate surface area is 102 Å². The van der Waals surface area contributed by atoms with Crippen LogP contribution in [0.3, 0.4) is 0 Å². The molecule has 0 radical (unpaired) electrons. The zero-order valence-corrected chi connectivity index (χ0v) is 10.7. The maximum absolute atomic E-state index is 11.2. The van der Waals surface area contributed by atoms with E-state index in [0.717, 1.165) is 22.4 Å². The van der Waals surface area contributed by atoms with E-state index in [2.05, 4.69) is 4.74 Å². The molecule has 94 valence electrons.